The number of rotatable bonds is 3. The molecule has 10 nitrogen and oxygen atoms in total. The van der Waals surface area contributed by atoms with Gasteiger partial charge in [-0.3, -0.25) is 9.11 Å². The molecule has 0 aliphatic carbocycles. The molecule has 0 saturated carbocycles. The maximum absolute atomic E-state index is 11.7. The van der Waals surface area contributed by atoms with Gasteiger partial charge in [-0.05, 0) is 18.2 Å². The molecular formula is C12H14N4O6S2. The zero-order chi connectivity index (χ0) is 18.4. The van der Waals surface area contributed by atoms with E-state index in [-0.39, 0.29) is 28.2 Å². The molecule has 10 N–H and O–H groups in total. The van der Waals surface area contributed by atoms with Crippen LogP contribution in [0.15, 0.2) is 34.1 Å². The van der Waals surface area contributed by atoms with E-state index in [4.69, 9.17) is 22.9 Å². The van der Waals surface area contributed by atoms with E-state index in [9.17, 15) is 25.9 Å². The van der Waals surface area contributed by atoms with Crippen molar-refractivity contribution in [2.75, 3.05) is 22.9 Å². The quantitative estimate of drug-likeness (QED) is 0.316. The Balaban J connectivity index is 3.05. The van der Waals surface area contributed by atoms with Gasteiger partial charge in [0.2, 0.25) is 0 Å². The van der Waals surface area contributed by atoms with Gasteiger partial charge in [0.25, 0.3) is 20.2 Å². The molecule has 24 heavy (non-hydrogen) atoms. The van der Waals surface area contributed by atoms with Crippen LogP contribution in [-0.4, -0.2) is 25.9 Å². The summed E-state index contributed by atoms with van der Waals surface area (Å²) < 4.78 is 65.3. The summed E-state index contributed by atoms with van der Waals surface area (Å²) in [7, 11) is -9.66. The number of benzene rings is 2. The van der Waals surface area contributed by atoms with E-state index in [1.165, 1.54) is 6.07 Å². The lowest BCUT2D eigenvalue weighted by molar-refractivity contribution is 0.480. The Hall–Kier alpha value is -2.54. The Bertz CT molecular complexity index is 1050. The minimum absolute atomic E-state index is 0.00355. The highest BCUT2D eigenvalue weighted by atomic mass is 32.2. The Morgan fingerprint density at radius 3 is 1.83 bits per heavy atom. The smallest absolute Gasteiger partial charge is 0.297 e. The second-order valence-electron chi connectivity index (χ2n) is 4.88. The van der Waals surface area contributed by atoms with E-state index in [1.54, 1.807) is 0 Å². The molecule has 130 valence electrons. The average molecular weight is 374 g/mol. The SMILES string of the molecule is Nc1ccc(-c2cc(N)c(N)c(N)c2S(=O)(=O)O)c(S(=O)(=O)O)c1. The lowest BCUT2D eigenvalue weighted by Gasteiger charge is -2.16. The number of anilines is 4. The number of hydrogen-bond acceptors (Lipinski definition) is 8. The fourth-order valence-corrected chi connectivity index (χ4v) is 3.75. The van der Waals surface area contributed by atoms with Crippen LogP contribution in [0.1, 0.15) is 0 Å². The molecule has 0 saturated heterocycles. The highest BCUT2D eigenvalue weighted by Crippen LogP contribution is 2.41. The van der Waals surface area contributed by atoms with Gasteiger partial charge >= 0.3 is 0 Å². The second-order valence-corrected chi connectivity index (χ2v) is 7.62. The Labute approximate surface area is 137 Å². The van der Waals surface area contributed by atoms with Crippen LogP contribution in [0.3, 0.4) is 0 Å². The van der Waals surface area contributed by atoms with Gasteiger partial charge in [-0.2, -0.15) is 16.8 Å². The Morgan fingerprint density at radius 2 is 1.33 bits per heavy atom. The van der Waals surface area contributed by atoms with Crippen molar-refractivity contribution in [3.05, 3.63) is 24.3 Å². The Kier molecular flexibility index (Phi) is 4.10. The van der Waals surface area contributed by atoms with E-state index >= 15 is 0 Å². The molecule has 0 heterocycles. The van der Waals surface area contributed by atoms with Gasteiger partial charge in [0.05, 0.1) is 17.1 Å². The number of hydrogen-bond donors (Lipinski definition) is 6. The van der Waals surface area contributed by atoms with Crippen LogP contribution in [0.5, 0.6) is 0 Å². The summed E-state index contributed by atoms with van der Waals surface area (Å²) in [5, 5.41) is 0. The predicted octanol–water partition coefficient (Wildman–Crippen LogP) is 0.176. The molecule has 0 atom stereocenters. The van der Waals surface area contributed by atoms with Gasteiger partial charge < -0.3 is 22.9 Å². The van der Waals surface area contributed by atoms with Crippen LogP contribution in [0.4, 0.5) is 22.7 Å². The van der Waals surface area contributed by atoms with Crippen LogP contribution >= 0.6 is 0 Å². The van der Waals surface area contributed by atoms with E-state index in [0.29, 0.717) is 0 Å². The molecule has 2 rings (SSSR count). The molecule has 2 aromatic rings. The van der Waals surface area contributed by atoms with Crippen LogP contribution < -0.4 is 22.9 Å². The molecule has 0 unspecified atom stereocenters. The molecule has 0 aliphatic heterocycles. The van der Waals surface area contributed by atoms with Crippen molar-refractivity contribution in [1.29, 1.82) is 0 Å². The van der Waals surface area contributed by atoms with Crippen LogP contribution in [0, 0.1) is 0 Å². The molecule has 0 radical (unpaired) electrons. The fraction of sp³-hybridized carbons (Fsp3) is 0. The van der Waals surface area contributed by atoms with E-state index in [2.05, 4.69) is 0 Å². The van der Waals surface area contributed by atoms with Gasteiger partial charge in [-0.25, -0.2) is 0 Å². The number of nitrogens with two attached hydrogens (primary N) is 4. The van der Waals surface area contributed by atoms with Gasteiger partial charge in [-0.1, -0.05) is 6.07 Å². The van der Waals surface area contributed by atoms with E-state index in [0.717, 1.165) is 18.2 Å². The van der Waals surface area contributed by atoms with E-state index in [1.807, 2.05) is 0 Å². The first-order valence-electron chi connectivity index (χ1n) is 6.16. The summed E-state index contributed by atoms with van der Waals surface area (Å²) in [6.45, 7) is 0. The molecule has 12 heteroatoms. The highest BCUT2D eigenvalue weighted by Gasteiger charge is 2.27. The van der Waals surface area contributed by atoms with Crippen molar-refractivity contribution in [3.8, 4) is 11.1 Å². The first kappa shape index (κ1) is 17.8. The third-order valence-corrected chi connectivity index (χ3v) is 5.07. The molecule has 0 bridgehead atoms. The third kappa shape index (κ3) is 3.07. The van der Waals surface area contributed by atoms with Crippen molar-refractivity contribution in [2.45, 2.75) is 9.79 Å². The lowest BCUT2D eigenvalue weighted by Crippen LogP contribution is -2.11. The summed E-state index contributed by atoms with van der Waals surface area (Å²) in [6.07, 6.45) is 0. The lowest BCUT2D eigenvalue weighted by atomic mass is 10.0. The van der Waals surface area contributed by atoms with Crippen molar-refractivity contribution >= 4 is 43.0 Å². The maximum atomic E-state index is 11.7. The summed E-state index contributed by atoms with van der Waals surface area (Å²) in [5.41, 5.74) is 20.7. The largest absolute Gasteiger partial charge is 0.399 e. The summed E-state index contributed by atoms with van der Waals surface area (Å²) in [6, 6.07) is 4.34. The van der Waals surface area contributed by atoms with Gasteiger partial charge in [0, 0.05) is 16.8 Å². The maximum Gasteiger partial charge on any atom is 0.297 e. The molecule has 0 aromatic heterocycles. The van der Waals surface area contributed by atoms with Gasteiger partial charge in [0.1, 0.15) is 9.79 Å². The minimum atomic E-state index is -4.89. The van der Waals surface area contributed by atoms with Gasteiger partial charge in [0.15, 0.2) is 0 Å². The molecule has 0 amide bonds. The molecular weight excluding hydrogens is 360 g/mol. The summed E-state index contributed by atoms with van der Waals surface area (Å²) >= 11 is 0. The van der Waals surface area contributed by atoms with Crippen molar-refractivity contribution in [3.63, 3.8) is 0 Å². The van der Waals surface area contributed by atoms with Crippen LogP contribution in [0.2, 0.25) is 0 Å². The monoisotopic (exact) mass is 374 g/mol. The van der Waals surface area contributed by atoms with Crippen molar-refractivity contribution in [1.82, 2.24) is 0 Å². The third-order valence-electron chi connectivity index (χ3n) is 3.22. The van der Waals surface area contributed by atoms with Crippen molar-refractivity contribution < 1.29 is 25.9 Å². The zero-order valence-corrected chi connectivity index (χ0v) is 13.6. The predicted molar refractivity (Wildman–Crippen MR) is 89.2 cm³/mol. The zero-order valence-electron chi connectivity index (χ0n) is 12.0. The van der Waals surface area contributed by atoms with Crippen LogP contribution in [-0.2, 0) is 20.2 Å². The average Bonchev–Trinajstić information content (AvgIpc) is 2.41. The van der Waals surface area contributed by atoms with Crippen molar-refractivity contribution in [2.24, 2.45) is 0 Å². The van der Waals surface area contributed by atoms with E-state index < -0.39 is 35.7 Å². The highest BCUT2D eigenvalue weighted by molar-refractivity contribution is 7.86. The summed E-state index contributed by atoms with van der Waals surface area (Å²) in [4.78, 5) is -1.51. The second kappa shape index (κ2) is 5.52. The van der Waals surface area contributed by atoms with Crippen LogP contribution in [0.25, 0.3) is 11.1 Å². The molecule has 0 fully saturated rings. The Morgan fingerprint density at radius 1 is 0.750 bits per heavy atom. The fourth-order valence-electron chi connectivity index (χ4n) is 2.17. The molecule has 2 aromatic carbocycles. The standard InChI is InChI=1S/C12H14N4O6S2/c13-5-1-2-6(9(3-5)23(17,18)19)7-4-8(14)10(15)11(16)12(7)24(20,21)22/h1-4H,13-16H2,(H,17,18,19)(H,20,21,22). The summed E-state index contributed by atoms with van der Waals surface area (Å²) in [5.74, 6) is 0. The van der Waals surface area contributed by atoms with Gasteiger partial charge in [-0.15, -0.1) is 0 Å². The normalized spacial score (nSPS) is 12.2. The molecule has 0 aliphatic rings. The number of nitrogen functional groups attached to an aromatic ring is 4. The topological polar surface area (TPSA) is 213 Å². The first-order valence-corrected chi connectivity index (χ1v) is 9.04. The minimum Gasteiger partial charge on any atom is -0.399 e. The molecule has 0 spiro atoms. The first-order chi connectivity index (χ1) is 10.8.